The van der Waals surface area contributed by atoms with Crippen molar-refractivity contribution in [3.63, 3.8) is 0 Å². The number of nitrogens with zero attached hydrogens (tertiary/aromatic N) is 2. The molecule has 0 saturated heterocycles. The first-order valence-electron chi connectivity index (χ1n) is 6.91. The SMILES string of the molecule is CNC(Cc1nc(C2CCC2)no1)c1ccccc1. The standard InChI is InChI=1S/C15H19N3O/c1-16-13(11-6-3-2-4-7-11)10-14-17-15(18-19-14)12-8-5-9-12/h2-4,6-7,12-13,16H,5,8-10H2,1H3. The van der Waals surface area contributed by atoms with E-state index in [1.165, 1.54) is 24.8 Å². The third-order valence-corrected chi connectivity index (χ3v) is 3.88. The highest BCUT2D eigenvalue weighted by Crippen LogP contribution is 2.34. The summed E-state index contributed by atoms with van der Waals surface area (Å²) in [6, 6.07) is 10.6. The van der Waals surface area contributed by atoms with Gasteiger partial charge >= 0.3 is 0 Å². The Bertz CT molecular complexity index is 519. The van der Waals surface area contributed by atoms with Gasteiger partial charge in [-0.25, -0.2) is 0 Å². The average molecular weight is 257 g/mol. The Balaban J connectivity index is 1.70. The van der Waals surface area contributed by atoms with Crippen molar-refractivity contribution in [2.24, 2.45) is 0 Å². The average Bonchev–Trinajstić information content (AvgIpc) is 2.83. The fourth-order valence-electron chi connectivity index (χ4n) is 2.43. The van der Waals surface area contributed by atoms with Crippen LogP contribution in [-0.2, 0) is 6.42 Å². The first kappa shape index (κ1) is 12.4. The minimum atomic E-state index is 0.218. The maximum absolute atomic E-state index is 5.37. The summed E-state index contributed by atoms with van der Waals surface area (Å²) < 4.78 is 5.37. The predicted molar refractivity (Wildman–Crippen MR) is 72.8 cm³/mol. The molecule has 0 radical (unpaired) electrons. The number of aromatic nitrogens is 2. The number of hydrogen-bond acceptors (Lipinski definition) is 4. The highest BCUT2D eigenvalue weighted by atomic mass is 16.5. The Morgan fingerprint density at radius 2 is 2.11 bits per heavy atom. The van der Waals surface area contributed by atoms with Gasteiger partial charge in [0.25, 0.3) is 0 Å². The largest absolute Gasteiger partial charge is 0.339 e. The van der Waals surface area contributed by atoms with Crippen LogP contribution in [0, 0.1) is 0 Å². The van der Waals surface area contributed by atoms with E-state index >= 15 is 0 Å². The number of hydrogen-bond donors (Lipinski definition) is 1. The van der Waals surface area contributed by atoms with Gasteiger partial charge < -0.3 is 9.84 Å². The quantitative estimate of drug-likeness (QED) is 0.895. The lowest BCUT2D eigenvalue weighted by Gasteiger charge is -2.21. The molecule has 19 heavy (non-hydrogen) atoms. The molecule has 1 saturated carbocycles. The third-order valence-electron chi connectivity index (χ3n) is 3.88. The molecule has 0 amide bonds. The van der Waals surface area contributed by atoms with E-state index in [9.17, 15) is 0 Å². The highest BCUT2D eigenvalue weighted by Gasteiger charge is 2.25. The molecule has 1 N–H and O–H groups in total. The molecule has 1 aromatic carbocycles. The number of benzene rings is 1. The van der Waals surface area contributed by atoms with E-state index in [0.29, 0.717) is 5.92 Å². The zero-order valence-electron chi connectivity index (χ0n) is 11.2. The van der Waals surface area contributed by atoms with Crippen LogP contribution in [0.4, 0.5) is 0 Å². The van der Waals surface area contributed by atoms with Gasteiger partial charge in [-0.15, -0.1) is 0 Å². The fourth-order valence-corrected chi connectivity index (χ4v) is 2.43. The van der Waals surface area contributed by atoms with Gasteiger partial charge in [0.15, 0.2) is 5.82 Å². The molecule has 0 spiro atoms. The molecule has 2 aromatic rings. The number of likely N-dealkylation sites (N-methyl/N-ethyl adjacent to an activating group) is 1. The summed E-state index contributed by atoms with van der Waals surface area (Å²) in [5, 5.41) is 7.41. The summed E-state index contributed by atoms with van der Waals surface area (Å²) in [6.45, 7) is 0. The zero-order chi connectivity index (χ0) is 13.1. The minimum absolute atomic E-state index is 0.218. The molecule has 3 rings (SSSR count). The van der Waals surface area contributed by atoms with Crippen molar-refractivity contribution in [3.05, 3.63) is 47.6 Å². The Kier molecular flexibility index (Phi) is 3.60. The molecule has 1 aromatic heterocycles. The van der Waals surface area contributed by atoms with E-state index in [4.69, 9.17) is 4.52 Å². The molecule has 4 nitrogen and oxygen atoms in total. The van der Waals surface area contributed by atoms with E-state index in [-0.39, 0.29) is 6.04 Å². The lowest BCUT2D eigenvalue weighted by Crippen LogP contribution is -2.19. The van der Waals surface area contributed by atoms with Crippen molar-refractivity contribution in [1.29, 1.82) is 0 Å². The predicted octanol–water partition coefficient (Wildman–Crippen LogP) is 2.84. The molecule has 1 aliphatic rings. The van der Waals surface area contributed by atoms with Crippen LogP contribution in [0.3, 0.4) is 0 Å². The van der Waals surface area contributed by atoms with Crippen molar-refractivity contribution in [2.75, 3.05) is 7.05 Å². The van der Waals surface area contributed by atoms with Crippen molar-refractivity contribution in [3.8, 4) is 0 Å². The summed E-state index contributed by atoms with van der Waals surface area (Å²) >= 11 is 0. The van der Waals surface area contributed by atoms with Crippen LogP contribution in [0.2, 0.25) is 0 Å². The molecule has 1 aliphatic carbocycles. The highest BCUT2D eigenvalue weighted by molar-refractivity contribution is 5.19. The first-order valence-corrected chi connectivity index (χ1v) is 6.91. The second kappa shape index (κ2) is 5.53. The molecular weight excluding hydrogens is 238 g/mol. The molecule has 1 fully saturated rings. The van der Waals surface area contributed by atoms with E-state index < -0.39 is 0 Å². The van der Waals surface area contributed by atoms with Crippen LogP contribution >= 0.6 is 0 Å². The summed E-state index contributed by atoms with van der Waals surface area (Å²) in [5.74, 6) is 2.15. The molecule has 1 atom stereocenters. The van der Waals surface area contributed by atoms with Crippen LogP contribution in [0.15, 0.2) is 34.9 Å². The molecular formula is C15H19N3O. The maximum Gasteiger partial charge on any atom is 0.228 e. The van der Waals surface area contributed by atoms with Gasteiger partial charge in [-0.2, -0.15) is 4.98 Å². The van der Waals surface area contributed by atoms with Crippen LogP contribution in [0.1, 0.15) is 48.5 Å². The van der Waals surface area contributed by atoms with Crippen molar-refractivity contribution in [1.82, 2.24) is 15.5 Å². The van der Waals surface area contributed by atoms with Crippen LogP contribution in [0.25, 0.3) is 0 Å². The smallest absolute Gasteiger partial charge is 0.228 e. The second-order valence-corrected chi connectivity index (χ2v) is 5.13. The van der Waals surface area contributed by atoms with E-state index in [1.54, 1.807) is 0 Å². The Morgan fingerprint density at radius 3 is 2.74 bits per heavy atom. The summed E-state index contributed by atoms with van der Waals surface area (Å²) in [5.41, 5.74) is 1.24. The lowest BCUT2D eigenvalue weighted by atomic mass is 9.85. The van der Waals surface area contributed by atoms with Crippen LogP contribution < -0.4 is 5.32 Å². The molecule has 1 unspecified atom stereocenters. The monoisotopic (exact) mass is 257 g/mol. The van der Waals surface area contributed by atoms with Gasteiger partial charge in [0.2, 0.25) is 5.89 Å². The van der Waals surface area contributed by atoms with Gasteiger partial charge in [0.1, 0.15) is 0 Å². The van der Waals surface area contributed by atoms with Gasteiger partial charge in [-0.1, -0.05) is 41.9 Å². The van der Waals surface area contributed by atoms with Crippen molar-refractivity contribution >= 4 is 0 Å². The van der Waals surface area contributed by atoms with Gasteiger partial charge in [-0.05, 0) is 25.5 Å². The Morgan fingerprint density at radius 1 is 1.32 bits per heavy atom. The lowest BCUT2D eigenvalue weighted by molar-refractivity contribution is 0.339. The number of nitrogens with one attached hydrogen (secondary N) is 1. The van der Waals surface area contributed by atoms with Gasteiger partial charge in [0, 0.05) is 18.4 Å². The summed E-state index contributed by atoms with van der Waals surface area (Å²) in [4.78, 5) is 4.53. The topological polar surface area (TPSA) is 51.0 Å². The summed E-state index contributed by atoms with van der Waals surface area (Å²) in [6.07, 6.45) is 4.43. The first-order chi connectivity index (χ1) is 9.36. The number of rotatable bonds is 5. The van der Waals surface area contributed by atoms with Gasteiger partial charge in [-0.3, -0.25) is 0 Å². The second-order valence-electron chi connectivity index (χ2n) is 5.13. The summed E-state index contributed by atoms with van der Waals surface area (Å²) in [7, 11) is 1.96. The van der Waals surface area contributed by atoms with Crippen molar-refractivity contribution < 1.29 is 4.52 Å². The van der Waals surface area contributed by atoms with Crippen LogP contribution in [0.5, 0.6) is 0 Å². The Hall–Kier alpha value is -1.68. The third kappa shape index (κ3) is 2.68. The molecule has 100 valence electrons. The van der Waals surface area contributed by atoms with E-state index in [2.05, 4.69) is 27.6 Å². The minimum Gasteiger partial charge on any atom is -0.339 e. The zero-order valence-corrected chi connectivity index (χ0v) is 11.2. The van der Waals surface area contributed by atoms with Crippen molar-refractivity contribution in [2.45, 2.75) is 37.6 Å². The van der Waals surface area contributed by atoms with E-state index in [1.807, 2.05) is 25.2 Å². The molecule has 0 bridgehead atoms. The molecule has 4 heteroatoms. The normalized spacial score (nSPS) is 17.1. The van der Waals surface area contributed by atoms with Crippen LogP contribution in [-0.4, -0.2) is 17.2 Å². The molecule has 1 heterocycles. The molecule has 0 aliphatic heterocycles. The van der Waals surface area contributed by atoms with E-state index in [0.717, 1.165) is 18.1 Å². The maximum atomic E-state index is 5.37. The fraction of sp³-hybridized carbons (Fsp3) is 0.467. The Labute approximate surface area is 113 Å². The van der Waals surface area contributed by atoms with Gasteiger partial charge in [0.05, 0.1) is 0 Å².